The Bertz CT molecular complexity index is 1000. The van der Waals surface area contributed by atoms with Crippen LogP contribution >= 0.6 is 11.8 Å². The minimum atomic E-state index is -0.767. The van der Waals surface area contributed by atoms with Gasteiger partial charge in [-0.3, -0.25) is 9.69 Å². The number of carbonyl (C=O) groups is 1. The molecule has 1 saturated carbocycles. The van der Waals surface area contributed by atoms with Crippen LogP contribution in [-0.4, -0.2) is 71.0 Å². The van der Waals surface area contributed by atoms with Gasteiger partial charge in [-0.1, -0.05) is 48.6 Å². The van der Waals surface area contributed by atoms with Gasteiger partial charge in [-0.25, -0.2) is 0 Å². The van der Waals surface area contributed by atoms with Crippen molar-refractivity contribution in [2.75, 3.05) is 31.7 Å². The summed E-state index contributed by atoms with van der Waals surface area (Å²) in [6.07, 6.45) is 6.85. The van der Waals surface area contributed by atoms with Crippen LogP contribution in [0.25, 0.3) is 11.1 Å². The largest absolute Gasteiger partial charge is 0.497 e. The van der Waals surface area contributed by atoms with Crippen molar-refractivity contribution in [2.24, 2.45) is 5.92 Å². The second-order valence-corrected chi connectivity index (χ2v) is 11.1. The fraction of sp³-hybridized carbons (Fsp3) is 0.500. The quantitative estimate of drug-likeness (QED) is 0.367. The summed E-state index contributed by atoms with van der Waals surface area (Å²) in [5.74, 6) is 2.55. The van der Waals surface area contributed by atoms with Gasteiger partial charge in [-0.2, -0.15) is 11.8 Å². The number of aliphatic carboxylic acids is 1. The molecule has 2 aliphatic rings. The van der Waals surface area contributed by atoms with Crippen molar-refractivity contribution in [3.8, 4) is 16.9 Å². The summed E-state index contributed by atoms with van der Waals surface area (Å²) < 4.78 is 11.7. The molecule has 1 aliphatic heterocycles. The number of hydrogen-bond donors (Lipinski definition) is 2. The van der Waals surface area contributed by atoms with Gasteiger partial charge >= 0.3 is 5.97 Å². The third-order valence-corrected chi connectivity index (χ3v) is 8.39. The van der Waals surface area contributed by atoms with E-state index in [4.69, 9.17) is 14.6 Å². The molecule has 1 aliphatic carbocycles. The zero-order chi connectivity index (χ0) is 26.0. The van der Waals surface area contributed by atoms with Crippen LogP contribution in [0, 0.1) is 5.92 Å². The molecule has 7 heteroatoms. The molecular weight excluding hydrogens is 486 g/mol. The SMILES string of the molecule is COc1ccc(-c2ccc(CO[C@H]3C[C@@H](O)[C@H](N4CCSCC4)[C@H]3CC/C=C\CCC(=O)O)cc2)cc1. The first-order chi connectivity index (χ1) is 18.0. The van der Waals surface area contributed by atoms with Gasteiger partial charge in [0.1, 0.15) is 5.75 Å². The standard InChI is InChI=1S/C30H39NO5S/c1-35-25-14-12-24(13-15-25)23-10-8-22(9-11-23)21-36-28-20-27(32)30(31-16-18-37-19-17-31)26(28)6-4-2-3-5-7-29(33)34/h2-3,8-15,26-28,30,32H,4-7,16-21H2,1H3,(H,33,34)/b3-2-/t26-,27+,28-,30+/m0/s1. The molecule has 0 radical (unpaired) electrons. The lowest BCUT2D eigenvalue weighted by Crippen LogP contribution is -2.48. The van der Waals surface area contributed by atoms with Crippen LogP contribution in [0.4, 0.5) is 0 Å². The Kier molecular flexibility index (Phi) is 10.5. The van der Waals surface area contributed by atoms with E-state index in [1.165, 1.54) is 0 Å². The van der Waals surface area contributed by atoms with Crippen LogP contribution in [0.15, 0.2) is 60.7 Å². The van der Waals surface area contributed by atoms with E-state index in [0.717, 1.165) is 59.9 Å². The molecular formula is C30H39NO5S. The number of allylic oxidation sites excluding steroid dienone is 2. The van der Waals surface area contributed by atoms with Gasteiger partial charge in [-0.15, -0.1) is 0 Å². The predicted molar refractivity (Wildman–Crippen MR) is 149 cm³/mol. The number of rotatable bonds is 12. The van der Waals surface area contributed by atoms with E-state index in [2.05, 4.69) is 47.4 Å². The minimum absolute atomic E-state index is 0.00302. The lowest BCUT2D eigenvalue weighted by Gasteiger charge is -2.37. The highest BCUT2D eigenvalue weighted by Gasteiger charge is 2.45. The van der Waals surface area contributed by atoms with Crippen molar-refractivity contribution in [1.82, 2.24) is 4.90 Å². The predicted octanol–water partition coefficient (Wildman–Crippen LogP) is 5.25. The van der Waals surface area contributed by atoms with E-state index in [1.807, 2.05) is 30.0 Å². The smallest absolute Gasteiger partial charge is 0.303 e. The summed E-state index contributed by atoms with van der Waals surface area (Å²) in [4.78, 5) is 13.2. The van der Waals surface area contributed by atoms with Crippen LogP contribution in [0.3, 0.4) is 0 Å². The number of nitrogens with zero attached hydrogens (tertiary/aromatic N) is 1. The molecule has 4 atom stereocenters. The van der Waals surface area contributed by atoms with Crippen LogP contribution in [0.5, 0.6) is 5.75 Å². The highest BCUT2D eigenvalue weighted by molar-refractivity contribution is 7.99. The molecule has 200 valence electrons. The van der Waals surface area contributed by atoms with Gasteiger partial charge in [0.05, 0.1) is 25.9 Å². The number of benzene rings is 2. The van der Waals surface area contributed by atoms with E-state index in [1.54, 1.807) is 7.11 Å². The number of carboxylic acids is 1. The summed E-state index contributed by atoms with van der Waals surface area (Å²) in [6.45, 7) is 2.54. The average molecular weight is 526 g/mol. The molecule has 2 aromatic carbocycles. The Morgan fingerprint density at radius 2 is 1.68 bits per heavy atom. The monoisotopic (exact) mass is 525 g/mol. The molecule has 1 saturated heterocycles. The number of aliphatic hydroxyl groups excluding tert-OH is 1. The molecule has 4 rings (SSSR count). The third kappa shape index (κ3) is 7.84. The van der Waals surface area contributed by atoms with E-state index < -0.39 is 5.97 Å². The third-order valence-electron chi connectivity index (χ3n) is 7.45. The van der Waals surface area contributed by atoms with Gasteiger partial charge in [0.15, 0.2) is 0 Å². The van der Waals surface area contributed by atoms with Crippen LogP contribution in [0.1, 0.15) is 37.7 Å². The summed E-state index contributed by atoms with van der Waals surface area (Å²) in [6, 6.07) is 16.7. The number of carboxylic acid groups (broad SMARTS) is 1. The van der Waals surface area contributed by atoms with Crippen molar-refractivity contribution in [3.63, 3.8) is 0 Å². The van der Waals surface area contributed by atoms with Crippen molar-refractivity contribution in [1.29, 1.82) is 0 Å². The van der Waals surface area contributed by atoms with Crippen LogP contribution in [0.2, 0.25) is 0 Å². The maximum atomic E-state index is 11.1. The van der Waals surface area contributed by atoms with E-state index in [-0.39, 0.29) is 30.6 Å². The normalized spacial score (nSPS) is 24.5. The first kappa shape index (κ1) is 27.7. The summed E-state index contributed by atoms with van der Waals surface area (Å²) in [7, 11) is 1.67. The maximum absolute atomic E-state index is 11.1. The van der Waals surface area contributed by atoms with E-state index >= 15 is 0 Å². The van der Waals surface area contributed by atoms with Crippen LogP contribution in [-0.2, 0) is 16.1 Å². The van der Waals surface area contributed by atoms with Gasteiger partial charge in [0, 0.05) is 49.4 Å². The molecule has 37 heavy (non-hydrogen) atoms. The second kappa shape index (κ2) is 14.0. The Hall–Kier alpha value is -2.32. The lowest BCUT2D eigenvalue weighted by molar-refractivity contribution is -0.136. The van der Waals surface area contributed by atoms with Gasteiger partial charge in [-0.05, 0) is 48.1 Å². The Morgan fingerprint density at radius 3 is 2.32 bits per heavy atom. The number of ether oxygens (including phenoxy) is 2. The number of aliphatic hydroxyl groups is 1. The minimum Gasteiger partial charge on any atom is -0.497 e. The fourth-order valence-corrected chi connectivity index (χ4v) is 6.44. The highest BCUT2D eigenvalue weighted by Crippen LogP contribution is 2.37. The lowest BCUT2D eigenvalue weighted by atomic mass is 9.93. The maximum Gasteiger partial charge on any atom is 0.303 e. The summed E-state index contributed by atoms with van der Waals surface area (Å²) in [5.41, 5.74) is 3.42. The van der Waals surface area contributed by atoms with Gasteiger partial charge in [0.25, 0.3) is 0 Å². The molecule has 0 aromatic heterocycles. The molecule has 2 fully saturated rings. The van der Waals surface area contributed by atoms with Crippen molar-refractivity contribution in [3.05, 3.63) is 66.2 Å². The Morgan fingerprint density at radius 1 is 1.03 bits per heavy atom. The first-order valence-corrected chi connectivity index (χ1v) is 14.4. The molecule has 2 N–H and O–H groups in total. The molecule has 1 heterocycles. The van der Waals surface area contributed by atoms with Crippen molar-refractivity contribution in [2.45, 2.75) is 57.0 Å². The number of hydrogen-bond acceptors (Lipinski definition) is 6. The van der Waals surface area contributed by atoms with E-state index in [9.17, 15) is 9.90 Å². The number of thioether (sulfide) groups is 1. The zero-order valence-corrected chi connectivity index (χ0v) is 22.4. The van der Waals surface area contributed by atoms with E-state index in [0.29, 0.717) is 19.4 Å². The molecule has 0 spiro atoms. The molecule has 2 aromatic rings. The molecule has 0 bridgehead atoms. The topological polar surface area (TPSA) is 79.2 Å². The van der Waals surface area contributed by atoms with Gasteiger partial charge in [0.2, 0.25) is 0 Å². The van der Waals surface area contributed by atoms with Crippen LogP contribution < -0.4 is 4.74 Å². The Labute approximate surface area is 224 Å². The molecule has 0 unspecified atom stereocenters. The zero-order valence-electron chi connectivity index (χ0n) is 21.6. The average Bonchev–Trinajstić information content (AvgIpc) is 3.24. The molecule has 0 amide bonds. The van der Waals surface area contributed by atoms with Crippen molar-refractivity contribution >= 4 is 17.7 Å². The molecule has 6 nitrogen and oxygen atoms in total. The summed E-state index contributed by atoms with van der Waals surface area (Å²) in [5, 5.41) is 19.9. The second-order valence-electron chi connectivity index (χ2n) is 9.86. The fourth-order valence-electron chi connectivity index (χ4n) is 5.51. The van der Waals surface area contributed by atoms with Gasteiger partial charge < -0.3 is 19.7 Å². The number of methoxy groups -OCH3 is 1. The van der Waals surface area contributed by atoms with Crippen molar-refractivity contribution < 1.29 is 24.5 Å². The highest BCUT2D eigenvalue weighted by atomic mass is 32.2. The first-order valence-electron chi connectivity index (χ1n) is 13.3. The summed E-state index contributed by atoms with van der Waals surface area (Å²) >= 11 is 1.98. The Balaban J connectivity index is 1.37.